The number of hydrogen-bond acceptors (Lipinski definition) is 2. The van der Waals surface area contributed by atoms with E-state index in [9.17, 15) is 10.2 Å². The van der Waals surface area contributed by atoms with Crippen LogP contribution < -0.4 is 0 Å². The van der Waals surface area contributed by atoms with Crippen LogP contribution in [0.25, 0.3) is 22.3 Å². The number of aromatic hydroxyl groups is 2. The van der Waals surface area contributed by atoms with Gasteiger partial charge in [-0.05, 0) is 83.3 Å². The fraction of sp³-hybridized carbons (Fsp3) is 0.571. The van der Waals surface area contributed by atoms with Crippen molar-refractivity contribution in [2.75, 3.05) is 0 Å². The summed E-state index contributed by atoms with van der Waals surface area (Å²) < 4.78 is 0. The van der Waals surface area contributed by atoms with E-state index in [-0.39, 0.29) is 0 Å². The van der Waals surface area contributed by atoms with Gasteiger partial charge in [0.05, 0.1) is 0 Å². The zero-order valence-corrected chi connectivity index (χ0v) is 28.2. The average molecular weight is 599 g/mol. The quantitative estimate of drug-likeness (QED) is 0.101. The monoisotopic (exact) mass is 598 g/mol. The van der Waals surface area contributed by atoms with Crippen LogP contribution in [0.3, 0.4) is 0 Å². The van der Waals surface area contributed by atoms with E-state index >= 15 is 0 Å². The zero-order chi connectivity index (χ0) is 31.2. The third-order valence-electron chi connectivity index (χ3n) is 9.28. The van der Waals surface area contributed by atoms with Crippen molar-refractivity contribution < 1.29 is 10.2 Å². The van der Waals surface area contributed by atoms with E-state index in [2.05, 4.69) is 50.2 Å². The standard InChI is InChI=1S/C42H62O2/c1-3-5-7-9-11-13-15-17-19-21-23-37-33-42(36-27-31-40(44)32-28-36)38(34-41(37)35-25-29-39(43)30-26-35)24-22-20-18-16-14-12-10-8-6-4-2/h25-34,43-44H,3-24H2,1-2H3. The Morgan fingerprint density at radius 1 is 0.364 bits per heavy atom. The minimum absolute atomic E-state index is 0.316. The van der Waals surface area contributed by atoms with Crippen LogP contribution in [0.5, 0.6) is 11.5 Å². The molecule has 0 aliphatic carbocycles. The van der Waals surface area contributed by atoms with Crippen LogP contribution in [-0.4, -0.2) is 10.2 Å². The molecule has 242 valence electrons. The van der Waals surface area contributed by atoms with Crippen molar-refractivity contribution in [1.82, 2.24) is 0 Å². The van der Waals surface area contributed by atoms with Crippen LogP contribution in [-0.2, 0) is 12.8 Å². The summed E-state index contributed by atoms with van der Waals surface area (Å²) in [6.07, 6.45) is 29.0. The number of phenols is 2. The third kappa shape index (κ3) is 13.5. The third-order valence-corrected chi connectivity index (χ3v) is 9.28. The van der Waals surface area contributed by atoms with Gasteiger partial charge in [0.1, 0.15) is 11.5 Å². The Hall–Kier alpha value is -2.74. The molecule has 0 aliphatic heterocycles. The summed E-state index contributed by atoms with van der Waals surface area (Å²) >= 11 is 0. The first kappa shape index (κ1) is 35.7. The second-order valence-electron chi connectivity index (χ2n) is 13.1. The average Bonchev–Trinajstić information content (AvgIpc) is 3.04. The summed E-state index contributed by atoms with van der Waals surface area (Å²) in [7, 11) is 0. The Morgan fingerprint density at radius 2 is 0.636 bits per heavy atom. The van der Waals surface area contributed by atoms with Gasteiger partial charge in [0.2, 0.25) is 0 Å². The van der Waals surface area contributed by atoms with Crippen LogP contribution >= 0.6 is 0 Å². The van der Waals surface area contributed by atoms with Gasteiger partial charge < -0.3 is 10.2 Å². The molecule has 0 aliphatic rings. The summed E-state index contributed by atoms with van der Waals surface area (Å²) in [5.41, 5.74) is 7.78. The minimum Gasteiger partial charge on any atom is -0.508 e. The molecule has 0 fully saturated rings. The maximum atomic E-state index is 9.99. The van der Waals surface area contributed by atoms with E-state index in [1.165, 1.54) is 162 Å². The second-order valence-corrected chi connectivity index (χ2v) is 13.1. The molecule has 2 N–H and O–H groups in total. The van der Waals surface area contributed by atoms with Gasteiger partial charge in [-0.15, -0.1) is 0 Å². The maximum Gasteiger partial charge on any atom is 0.115 e. The molecule has 0 saturated heterocycles. The summed E-state index contributed by atoms with van der Waals surface area (Å²) in [6, 6.07) is 20.4. The molecule has 44 heavy (non-hydrogen) atoms. The lowest BCUT2D eigenvalue weighted by Gasteiger charge is -2.18. The highest BCUT2D eigenvalue weighted by Gasteiger charge is 2.14. The van der Waals surface area contributed by atoms with Crippen LogP contribution in [0.4, 0.5) is 0 Å². The highest BCUT2D eigenvalue weighted by Crippen LogP contribution is 2.36. The topological polar surface area (TPSA) is 40.5 Å². The van der Waals surface area contributed by atoms with Crippen LogP contribution in [0, 0.1) is 0 Å². The molecule has 0 bridgehead atoms. The summed E-state index contributed by atoms with van der Waals surface area (Å²) in [5, 5.41) is 20.0. The molecule has 3 rings (SSSR count). The highest BCUT2D eigenvalue weighted by molar-refractivity contribution is 5.77. The van der Waals surface area contributed by atoms with E-state index in [1.54, 1.807) is 0 Å². The van der Waals surface area contributed by atoms with Crippen molar-refractivity contribution in [3.8, 4) is 33.8 Å². The van der Waals surface area contributed by atoms with Gasteiger partial charge in [-0.3, -0.25) is 0 Å². The van der Waals surface area contributed by atoms with Gasteiger partial charge in [-0.1, -0.05) is 166 Å². The molecule has 0 aromatic heterocycles. The molecule has 2 nitrogen and oxygen atoms in total. The highest BCUT2D eigenvalue weighted by atomic mass is 16.3. The number of unbranched alkanes of at least 4 members (excludes halogenated alkanes) is 18. The van der Waals surface area contributed by atoms with Crippen LogP contribution in [0.15, 0.2) is 60.7 Å². The van der Waals surface area contributed by atoms with E-state index in [4.69, 9.17) is 0 Å². The number of aryl methyl sites for hydroxylation is 2. The first-order valence-electron chi connectivity index (χ1n) is 18.4. The first-order valence-corrected chi connectivity index (χ1v) is 18.4. The van der Waals surface area contributed by atoms with Gasteiger partial charge in [0.15, 0.2) is 0 Å². The molecule has 2 heteroatoms. The fourth-order valence-electron chi connectivity index (χ4n) is 6.53. The lowest BCUT2D eigenvalue weighted by atomic mass is 9.87. The minimum atomic E-state index is 0.316. The van der Waals surface area contributed by atoms with E-state index < -0.39 is 0 Å². The molecule has 3 aromatic rings. The van der Waals surface area contributed by atoms with Crippen molar-refractivity contribution >= 4 is 0 Å². The number of benzene rings is 3. The van der Waals surface area contributed by atoms with Gasteiger partial charge in [0.25, 0.3) is 0 Å². The fourth-order valence-corrected chi connectivity index (χ4v) is 6.53. The van der Waals surface area contributed by atoms with Crippen LogP contribution in [0.2, 0.25) is 0 Å². The molecule has 3 aromatic carbocycles. The second kappa shape index (κ2) is 21.9. The lowest BCUT2D eigenvalue weighted by molar-refractivity contribution is 0.475. The molecular formula is C42H62O2. The van der Waals surface area contributed by atoms with Crippen molar-refractivity contribution in [2.45, 2.75) is 155 Å². The van der Waals surface area contributed by atoms with Crippen LogP contribution in [0.1, 0.15) is 153 Å². The smallest absolute Gasteiger partial charge is 0.115 e. The Balaban J connectivity index is 1.68. The molecule has 0 spiro atoms. The van der Waals surface area contributed by atoms with E-state index in [0.29, 0.717) is 11.5 Å². The van der Waals surface area contributed by atoms with Gasteiger partial charge in [-0.2, -0.15) is 0 Å². The molecule has 0 heterocycles. The number of rotatable bonds is 24. The van der Waals surface area contributed by atoms with Crippen molar-refractivity contribution in [3.63, 3.8) is 0 Å². The van der Waals surface area contributed by atoms with Gasteiger partial charge in [0, 0.05) is 0 Å². The van der Waals surface area contributed by atoms with E-state index in [0.717, 1.165) is 12.8 Å². The Bertz CT molecular complexity index is 1050. The molecule has 0 unspecified atom stereocenters. The number of hydrogen-bond donors (Lipinski definition) is 2. The van der Waals surface area contributed by atoms with Crippen molar-refractivity contribution in [1.29, 1.82) is 0 Å². The SMILES string of the molecule is CCCCCCCCCCCCc1cc(-c2ccc(O)cc2)c(CCCCCCCCCCCC)cc1-c1ccc(O)cc1. The summed E-state index contributed by atoms with van der Waals surface area (Å²) in [4.78, 5) is 0. The molecule has 0 saturated carbocycles. The summed E-state index contributed by atoms with van der Waals surface area (Å²) in [6.45, 7) is 4.57. The Labute approximate surface area is 270 Å². The molecule has 0 atom stereocenters. The Morgan fingerprint density at radius 3 is 0.932 bits per heavy atom. The number of phenolic OH excluding ortho intramolecular Hbond substituents is 2. The Kier molecular flexibility index (Phi) is 17.8. The molecule has 0 amide bonds. The van der Waals surface area contributed by atoms with Gasteiger partial charge >= 0.3 is 0 Å². The van der Waals surface area contributed by atoms with Gasteiger partial charge in [-0.25, -0.2) is 0 Å². The zero-order valence-electron chi connectivity index (χ0n) is 28.2. The lowest BCUT2D eigenvalue weighted by Crippen LogP contribution is -1.99. The predicted molar refractivity (Wildman–Crippen MR) is 192 cm³/mol. The molecular weight excluding hydrogens is 536 g/mol. The maximum absolute atomic E-state index is 9.99. The molecule has 0 radical (unpaired) electrons. The summed E-state index contributed by atoms with van der Waals surface area (Å²) in [5.74, 6) is 0.632. The normalized spacial score (nSPS) is 11.3. The largest absolute Gasteiger partial charge is 0.508 e. The first-order chi connectivity index (χ1) is 21.6. The van der Waals surface area contributed by atoms with E-state index in [1.807, 2.05) is 24.3 Å². The van der Waals surface area contributed by atoms with Crippen molar-refractivity contribution in [2.24, 2.45) is 0 Å². The van der Waals surface area contributed by atoms with Crippen molar-refractivity contribution in [3.05, 3.63) is 71.8 Å². The predicted octanol–water partition coefficient (Wildman–Crippen LogP) is 13.4.